The number of carbonyl (C=O) groups is 1. The van der Waals surface area contributed by atoms with Crippen LogP contribution in [0.4, 0.5) is 10.8 Å². The molecular formula is C19H18N4O3S2. The first kappa shape index (κ1) is 17.6. The highest BCUT2D eigenvalue weighted by molar-refractivity contribution is 7.29. The molecule has 2 N–H and O–H groups in total. The molecule has 0 aliphatic carbocycles. The van der Waals surface area contributed by atoms with Crippen LogP contribution in [0.3, 0.4) is 0 Å². The maximum absolute atomic E-state index is 12.6. The van der Waals surface area contributed by atoms with Crippen molar-refractivity contribution in [1.82, 2.24) is 9.97 Å². The zero-order valence-corrected chi connectivity index (χ0v) is 16.8. The molecule has 1 aliphatic rings. The summed E-state index contributed by atoms with van der Waals surface area (Å²) in [5.74, 6) is 0.460. The molecule has 3 aromatic heterocycles. The lowest BCUT2D eigenvalue weighted by Crippen LogP contribution is -2.27. The molecule has 1 amide bonds. The van der Waals surface area contributed by atoms with Crippen molar-refractivity contribution in [2.75, 3.05) is 23.8 Å². The van der Waals surface area contributed by atoms with Gasteiger partial charge in [0.1, 0.15) is 10.3 Å². The lowest BCUT2D eigenvalue weighted by atomic mass is 10.1. The van der Waals surface area contributed by atoms with Crippen molar-refractivity contribution in [1.29, 1.82) is 0 Å². The number of amides is 1. The lowest BCUT2D eigenvalue weighted by molar-refractivity contribution is 0.0904. The first-order valence-corrected chi connectivity index (χ1v) is 10.7. The fourth-order valence-electron chi connectivity index (χ4n) is 3.24. The number of benzene rings is 1. The molecule has 7 nitrogen and oxygen atoms in total. The Balaban J connectivity index is 1.30. The minimum atomic E-state index is -0.145. The fraction of sp³-hybridized carbons (Fsp3) is 0.316. The Morgan fingerprint density at radius 3 is 2.86 bits per heavy atom. The number of anilines is 2. The van der Waals surface area contributed by atoms with E-state index in [1.165, 1.54) is 11.3 Å². The molecule has 0 radical (unpaired) electrons. The van der Waals surface area contributed by atoms with Crippen molar-refractivity contribution in [2.45, 2.75) is 25.8 Å². The second-order valence-corrected chi connectivity index (χ2v) is 8.76. The molecule has 144 valence electrons. The predicted molar refractivity (Wildman–Crippen MR) is 112 cm³/mol. The zero-order chi connectivity index (χ0) is 19.1. The van der Waals surface area contributed by atoms with Gasteiger partial charge in [0.15, 0.2) is 16.6 Å². The van der Waals surface area contributed by atoms with Gasteiger partial charge in [0.2, 0.25) is 0 Å². The van der Waals surface area contributed by atoms with Gasteiger partial charge in [-0.1, -0.05) is 11.3 Å². The van der Waals surface area contributed by atoms with Crippen LogP contribution in [0.15, 0.2) is 28.7 Å². The Morgan fingerprint density at radius 1 is 1.18 bits per heavy atom. The maximum atomic E-state index is 12.6. The largest absolute Gasteiger partial charge is 0.441 e. The normalized spacial score (nSPS) is 15.3. The van der Waals surface area contributed by atoms with Gasteiger partial charge in [-0.25, -0.2) is 9.97 Å². The SMILES string of the molecule is Cc1nc2cc(NC(=O)c3cc4sc(NC5CCOCC5)nc4s3)ccc2o1. The Kier molecular flexibility index (Phi) is 4.50. The van der Waals surface area contributed by atoms with Gasteiger partial charge < -0.3 is 19.8 Å². The van der Waals surface area contributed by atoms with E-state index in [2.05, 4.69) is 20.6 Å². The molecule has 5 rings (SSSR count). The van der Waals surface area contributed by atoms with Crippen molar-refractivity contribution in [3.8, 4) is 0 Å². The number of oxazole rings is 1. The fourth-order valence-corrected chi connectivity index (χ4v) is 5.33. The van der Waals surface area contributed by atoms with Crippen LogP contribution < -0.4 is 10.6 Å². The summed E-state index contributed by atoms with van der Waals surface area (Å²) in [5, 5.41) is 7.32. The number of nitrogens with one attached hydrogen (secondary N) is 2. The van der Waals surface area contributed by atoms with Gasteiger partial charge in [0, 0.05) is 31.9 Å². The number of hydrogen-bond acceptors (Lipinski definition) is 8. The highest BCUT2D eigenvalue weighted by atomic mass is 32.1. The van der Waals surface area contributed by atoms with Crippen molar-refractivity contribution in [3.63, 3.8) is 0 Å². The summed E-state index contributed by atoms with van der Waals surface area (Å²) in [7, 11) is 0. The van der Waals surface area contributed by atoms with E-state index in [1.807, 2.05) is 24.3 Å². The standard InChI is InChI=1S/C19H18N4O3S2/c1-10-20-13-8-12(2-3-14(13)26-10)21-17(24)15-9-16-18(27-15)23-19(28-16)22-11-4-6-25-7-5-11/h2-3,8-9,11H,4-7H2,1H3,(H,21,24)(H,22,23). The number of thiophene rings is 1. The summed E-state index contributed by atoms with van der Waals surface area (Å²) in [6.07, 6.45) is 1.99. The minimum absolute atomic E-state index is 0.145. The Labute approximate surface area is 168 Å². The average molecular weight is 415 g/mol. The zero-order valence-electron chi connectivity index (χ0n) is 15.2. The summed E-state index contributed by atoms with van der Waals surface area (Å²) in [5.41, 5.74) is 2.13. The van der Waals surface area contributed by atoms with Crippen LogP contribution in [0.2, 0.25) is 0 Å². The molecule has 4 heterocycles. The lowest BCUT2D eigenvalue weighted by Gasteiger charge is -2.22. The van der Waals surface area contributed by atoms with Crippen molar-refractivity contribution >= 4 is 60.0 Å². The van der Waals surface area contributed by atoms with E-state index in [1.54, 1.807) is 18.3 Å². The van der Waals surface area contributed by atoms with Gasteiger partial charge in [-0.3, -0.25) is 4.79 Å². The maximum Gasteiger partial charge on any atom is 0.265 e. The Morgan fingerprint density at radius 2 is 2.04 bits per heavy atom. The molecule has 0 atom stereocenters. The first-order valence-electron chi connectivity index (χ1n) is 9.07. The van der Waals surface area contributed by atoms with Crippen molar-refractivity contribution in [2.24, 2.45) is 0 Å². The highest BCUT2D eigenvalue weighted by Gasteiger charge is 2.18. The second kappa shape index (κ2) is 7.16. The van der Waals surface area contributed by atoms with E-state index in [0.717, 1.165) is 46.2 Å². The summed E-state index contributed by atoms with van der Waals surface area (Å²) < 4.78 is 11.9. The third-order valence-electron chi connectivity index (χ3n) is 4.61. The van der Waals surface area contributed by atoms with Crippen LogP contribution in [0.5, 0.6) is 0 Å². The third kappa shape index (κ3) is 3.48. The minimum Gasteiger partial charge on any atom is -0.441 e. The van der Waals surface area contributed by atoms with Crippen LogP contribution in [0.1, 0.15) is 28.4 Å². The number of rotatable bonds is 4. The molecule has 9 heteroatoms. The number of aromatic nitrogens is 2. The number of carbonyl (C=O) groups excluding carboxylic acids is 1. The van der Waals surface area contributed by atoms with Gasteiger partial charge in [0.25, 0.3) is 5.91 Å². The molecule has 4 aromatic rings. The Bertz CT molecular complexity index is 1130. The second-order valence-electron chi connectivity index (χ2n) is 6.70. The van der Waals surface area contributed by atoms with E-state index >= 15 is 0 Å². The van der Waals surface area contributed by atoms with Gasteiger partial charge in [-0.2, -0.15) is 0 Å². The molecular weight excluding hydrogens is 396 g/mol. The van der Waals surface area contributed by atoms with E-state index in [0.29, 0.717) is 28.1 Å². The van der Waals surface area contributed by atoms with E-state index in [-0.39, 0.29) is 5.91 Å². The van der Waals surface area contributed by atoms with Crippen LogP contribution in [-0.4, -0.2) is 35.1 Å². The molecule has 0 unspecified atom stereocenters. The van der Waals surface area contributed by atoms with Crippen LogP contribution in [0, 0.1) is 6.92 Å². The molecule has 1 aliphatic heterocycles. The molecule has 0 saturated carbocycles. The summed E-state index contributed by atoms with van der Waals surface area (Å²) in [6, 6.07) is 7.75. The third-order valence-corrected chi connectivity index (χ3v) is 6.70. The molecule has 1 saturated heterocycles. The number of hydrogen-bond donors (Lipinski definition) is 2. The van der Waals surface area contributed by atoms with Crippen LogP contribution in [-0.2, 0) is 4.74 Å². The molecule has 0 spiro atoms. The number of thiazole rings is 1. The van der Waals surface area contributed by atoms with E-state index in [9.17, 15) is 4.79 Å². The van der Waals surface area contributed by atoms with Crippen molar-refractivity contribution in [3.05, 3.63) is 35.0 Å². The van der Waals surface area contributed by atoms with Gasteiger partial charge in [0.05, 0.1) is 9.58 Å². The smallest absolute Gasteiger partial charge is 0.265 e. The van der Waals surface area contributed by atoms with Gasteiger partial charge in [-0.05, 0) is 37.1 Å². The number of fused-ring (bicyclic) bond motifs is 2. The molecule has 1 fully saturated rings. The van der Waals surface area contributed by atoms with Gasteiger partial charge >= 0.3 is 0 Å². The van der Waals surface area contributed by atoms with E-state index < -0.39 is 0 Å². The summed E-state index contributed by atoms with van der Waals surface area (Å²) in [4.78, 5) is 23.1. The van der Waals surface area contributed by atoms with Crippen molar-refractivity contribution < 1.29 is 13.9 Å². The van der Waals surface area contributed by atoms with Crippen LogP contribution in [0.25, 0.3) is 20.6 Å². The molecule has 28 heavy (non-hydrogen) atoms. The molecule has 1 aromatic carbocycles. The van der Waals surface area contributed by atoms with E-state index in [4.69, 9.17) is 9.15 Å². The quantitative estimate of drug-likeness (QED) is 0.505. The monoisotopic (exact) mass is 414 g/mol. The Hall–Kier alpha value is -2.49. The first-order chi connectivity index (χ1) is 13.6. The van der Waals surface area contributed by atoms with Gasteiger partial charge in [-0.15, -0.1) is 11.3 Å². The van der Waals surface area contributed by atoms with Crippen LogP contribution >= 0.6 is 22.7 Å². The summed E-state index contributed by atoms with van der Waals surface area (Å²) in [6.45, 7) is 3.39. The topological polar surface area (TPSA) is 89.3 Å². The molecule has 0 bridgehead atoms. The average Bonchev–Trinajstić information content (AvgIpc) is 3.34. The summed E-state index contributed by atoms with van der Waals surface area (Å²) >= 11 is 2.99. The number of nitrogens with zero attached hydrogens (tertiary/aromatic N) is 2. The number of aryl methyl sites for hydroxylation is 1. The predicted octanol–water partition coefficient (Wildman–Crippen LogP) is 4.65. The number of ether oxygens (including phenoxy) is 1. The highest BCUT2D eigenvalue weighted by Crippen LogP contribution is 2.34.